The van der Waals surface area contributed by atoms with E-state index in [2.05, 4.69) is 6.08 Å². The molecule has 34 heavy (non-hydrogen) atoms. The molecule has 3 rings (SSSR count). The van der Waals surface area contributed by atoms with E-state index < -0.39 is 22.7 Å². The zero-order chi connectivity index (χ0) is 25.2. The van der Waals surface area contributed by atoms with Crippen LogP contribution in [0.3, 0.4) is 0 Å². The summed E-state index contributed by atoms with van der Waals surface area (Å²) in [6.45, 7) is 9.91. The summed E-state index contributed by atoms with van der Waals surface area (Å²) in [5.74, 6) is -1.59. The van der Waals surface area contributed by atoms with Crippen molar-refractivity contribution in [3.05, 3.63) is 68.4 Å². The Labute approximate surface area is 198 Å². The van der Waals surface area contributed by atoms with Crippen LogP contribution in [0.5, 0.6) is 23.0 Å². The van der Waals surface area contributed by atoms with Gasteiger partial charge in [0.2, 0.25) is 11.2 Å². The number of fused-ring (bicyclic) bond motifs is 2. The smallest absolute Gasteiger partial charge is 0.204 e. The fourth-order valence-corrected chi connectivity index (χ4v) is 3.91. The van der Waals surface area contributed by atoms with Gasteiger partial charge >= 0.3 is 0 Å². The maximum absolute atomic E-state index is 13.5. The summed E-state index contributed by atoms with van der Waals surface area (Å²) >= 11 is 0. The van der Waals surface area contributed by atoms with E-state index in [9.17, 15) is 25.2 Å². The molecule has 2 aromatic carbocycles. The molecule has 6 nitrogen and oxygen atoms in total. The van der Waals surface area contributed by atoms with Crippen LogP contribution in [0.15, 0.2) is 56.3 Å². The van der Waals surface area contributed by atoms with Crippen molar-refractivity contribution in [2.24, 2.45) is 0 Å². The van der Waals surface area contributed by atoms with Crippen molar-refractivity contribution in [1.82, 2.24) is 0 Å². The highest BCUT2D eigenvalue weighted by Gasteiger charge is 2.23. The van der Waals surface area contributed by atoms with E-state index in [0.717, 1.165) is 30.1 Å². The van der Waals surface area contributed by atoms with E-state index in [4.69, 9.17) is 4.42 Å². The highest BCUT2D eigenvalue weighted by Crippen LogP contribution is 2.41. The molecule has 0 aliphatic heterocycles. The fourth-order valence-electron chi connectivity index (χ4n) is 3.91. The lowest BCUT2D eigenvalue weighted by Gasteiger charge is -2.13. The van der Waals surface area contributed by atoms with Crippen LogP contribution in [0.25, 0.3) is 21.9 Å². The van der Waals surface area contributed by atoms with E-state index in [1.54, 1.807) is 0 Å². The molecule has 0 unspecified atom stereocenters. The molecular formula is C28H32O6. The third-order valence-electron chi connectivity index (χ3n) is 5.79. The molecule has 0 saturated heterocycles. The van der Waals surface area contributed by atoms with Gasteiger partial charge in [0.15, 0.2) is 11.3 Å². The summed E-state index contributed by atoms with van der Waals surface area (Å²) < 4.78 is 5.93. The van der Waals surface area contributed by atoms with Gasteiger partial charge in [-0.1, -0.05) is 34.9 Å². The Morgan fingerprint density at radius 2 is 1.47 bits per heavy atom. The number of hydrogen-bond donors (Lipinski definition) is 4. The largest absolute Gasteiger partial charge is 0.507 e. The Bertz CT molecular complexity index is 1390. The minimum absolute atomic E-state index is 0.0163. The predicted octanol–water partition coefficient (Wildman–Crippen LogP) is 6.51. The Kier molecular flexibility index (Phi) is 7.40. The van der Waals surface area contributed by atoms with Gasteiger partial charge in [0.25, 0.3) is 0 Å². The quantitative estimate of drug-likeness (QED) is 0.180. The second kappa shape index (κ2) is 10.1. The molecule has 180 valence electrons. The van der Waals surface area contributed by atoms with Crippen LogP contribution < -0.4 is 5.43 Å². The Morgan fingerprint density at radius 1 is 0.794 bits per heavy atom. The Morgan fingerprint density at radius 3 is 2.12 bits per heavy atom. The lowest BCUT2D eigenvalue weighted by atomic mass is 9.98. The van der Waals surface area contributed by atoms with Gasteiger partial charge in [0.05, 0.1) is 5.39 Å². The minimum Gasteiger partial charge on any atom is -0.507 e. The molecule has 0 radical (unpaired) electrons. The van der Waals surface area contributed by atoms with Crippen LogP contribution in [-0.2, 0) is 12.8 Å². The van der Waals surface area contributed by atoms with Gasteiger partial charge in [-0.2, -0.15) is 0 Å². The number of allylic oxidation sites excluding steroid dienone is 6. The van der Waals surface area contributed by atoms with E-state index in [1.807, 2.05) is 46.8 Å². The molecule has 0 atom stereocenters. The first-order valence-corrected chi connectivity index (χ1v) is 11.3. The molecule has 0 aliphatic carbocycles. The van der Waals surface area contributed by atoms with E-state index in [-0.39, 0.29) is 34.1 Å². The second-order valence-corrected chi connectivity index (χ2v) is 9.20. The van der Waals surface area contributed by atoms with Crippen molar-refractivity contribution in [3.8, 4) is 23.0 Å². The number of phenolic OH excluding ortho intramolecular Hbond substituents is 4. The minimum atomic E-state index is -0.558. The average molecular weight is 465 g/mol. The summed E-state index contributed by atoms with van der Waals surface area (Å²) in [7, 11) is 0. The molecule has 0 amide bonds. The normalized spacial score (nSPS) is 11.7. The average Bonchev–Trinajstić information content (AvgIpc) is 2.74. The third kappa shape index (κ3) is 5.11. The van der Waals surface area contributed by atoms with Crippen LogP contribution in [-0.4, -0.2) is 20.4 Å². The molecule has 0 fully saturated rings. The summed E-state index contributed by atoms with van der Waals surface area (Å²) in [4.78, 5) is 13.5. The molecule has 1 heterocycles. The van der Waals surface area contributed by atoms with Crippen molar-refractivity contribution in [2.75, 3.05) is 0 Å². The predicted molar refractivity (Wildman–Crippen MR) is 136 cm³/mol. The van der Waals surface area contributed by atoms with E-state index in [1.165, 1.54) is 11.6 Å². The monoisotopic (exact) mass is 464 g/mol. The van der Waals surface area contributed by atoms with Crippen LogP contribution in [0, 0.1) is 0 Å². The van der Waals surface area contributed by atoms with Crippen molar-refractivity contribution in [3.63, 3.8) is 0 Å². The zero-order valence-corrected chi connectivity index (χ0v) is 20.3. The summed E-state index contributed by atoms with van der Waals surface area (Å²) in [6, 6.07) is 2.47. The number of rotatable bonds is 7. The SMILES string of the molecule is CC(C)=CCC/C(C)=C/Cc1c(O)cc(O)c2c(=O)c3c(CC=C(C)C)cc(O)c(O)c3oc12. The van der Waals surface area contributed by atoms with Gasteiger partial charge in [-0.05, 0) is 71.9 Å². The first-order chi connectivity index (χ1) is 16.0. The standard InChI is InChI=1S/C28H32O6/c1-15(2)7-6-8-17(5)10-12-19-20(29)14-21(30)24-26(33)23-18(11-9-16(3)4)13-22(31)25(32)28(23)34-27(19)24/h7,9-10,13-14,29-32H,6,8,11-12H2,1-5H3/b17-10+. The molecule has 0 spiro atoms. The van der Waals surface area contributed by atoms with E-state index >= 15 is 0 Å². The molecule has 0 aliphatic rings. The molecule has 0 bridgehead atoms. The highest BCUT2D eigenvalue weighted by molar-refractivity contribution is 5.99. The third-order valence-corrected chi connectivity index (χ3v) is 5.79. The number of hydrogen-bond acceptors (Lipinski definition) is 6. The first-order valence-electron chi connectivity index (χ1n) is 11.3. The van der Waals surface area contributed by atoms with Crippen LogP contribution in [0.4, 0.5) is 0 Å². The van der Waals surface area contributed by atoms with Gasteiger partial charge in [0.1, 0.15) is 22.5 Å². The fraction of sp³-hybridized carbons (Fsp3) is 0.321. The van der Waals surface area contributed by atoms with Crippen molar-refractivity contribution < 1.29 is 24.8 Å². The molecule has 4 N–H and O–H groups in total. The molecule has 1 aromatic heterocycles. The number of aromatic hydroxyl groups is 4. The van der Waals surface area contributed by atoms with E-state index in [0.29, 0.717) is 17.5 Å². The van der Waals surface area contributed by atoms with Gasteiger partial charge < -0.3 is 24.8 Å². The maximum Gasteiger partial charge on any atom is 0.204 e. The molecule has 6 heteroatoms. The van der Waals surface area contributed by atoms with Crippen LogP contribution in [0.2, 0.25) is 0 Å². The highest BCUT2D eigenvalue weighted by atomic mass is 16.4. The summed E-state index contributed by atoms with van der Waals surface area (Å²) in [6.07, 6.45) is 8.32. The van der Waals surface area contributed by atoms with Gasteiger partial charge in [-0.25, -0.2) is 0 Å². The summed E-state index contributed by atoms with van der Waals surface area (Å²) in [5.41, 5.74) is 3.43. The number of phenols is 4. The topological polar surface area (TPSA) is 111 Å². The zero-order valence-electron chi connectivity index (χ0n) is 20.3. The van der Waals surface area contributed by atoms with Crippen LogP contribution in [0.1, 0.15) is 58.6 Å². The molecule has 3 aromatic rings. The molecular weight excluding hydrogens is 432 g/mol. The van der Waals surface area contributed by atoms with Gasteiger partial charge in [0, 0.05) is 11.6 Å². The Balaban J connectivity index is 2.24. The first kappa shape index (κ1) is 25.0. The van der Waals surface area contributed by atoms with Crippen LogP contribution >= 0.6 is 0 Å². The maximum atomic E-state index is 13.5. The Hall–Kier alpha value is -3.67. The van der Waals surface area contributed by atoms with Gasteiger partial charge in [-0.15, -0.1) is 0 Å². The van der Waals surface area contributed by atoms with Crippen molar-refractivity contribution in [1.29, 1.82) is 0 Å². The second-order valence-electron chi connectivity index (χ2n) is 9.20. The lowest BCUT2D eigenvalue weighted by Crippen LogP contribution is -2.07. The summed E-state index contributed by atoms with van der Waals surface area (Å²) in [5, 5.41) is 41.9. The number of benzene rings is 2. The lowest BCUT2D eigenvalue weighted by molar-refractivity contribution is 0.400. The molecule has 0 saturated carbocycles. The van der Waals surface area contributed by atoms with Gasteiger partial charge in [-0.3, -0.25) is 4.79 Å². The van der Waals surface area contributed by atoms with Crippen molar-refractivity contribution >= 4 is 21.9 Å². The van der Waals surface area contributed by atoms with Crippen molar-refractivity contribution in [2.45, 2.75) is 60.3 Å².